The molecule has 0 fully saturated rings. The molecule has 102 valence electrons. The van der Waals surface area contributed by atoms with E-state index in [0.29, 0.717) is 5.92 Å². The number of aromatic nitrogens is 3. The van der Waals surface area contributed by atoms with Gasteiger partial charge in [0.1, 0.15) is 0 Å². The number of rotatable bonds is 6. The van der Waals surface area contributed by atoms with Gasteiger partial charge in [-0.25, -0.2) is 4.68 Å². The van der Waals surface area contributed by atoms with E-state index >= 15 is 0 Å². The molecular formula is C15H22N4. The summed E-state index contributed by atoms with van der Waals surface area (Å²) in [6.45, 7) is 8.33. The van der Waals surface area contributed by atoms with E-state index < -0.39 is 0 Å². The van der Waals surface area contributed by atoms with Crippen LogP contribution in [0.1, 0.15) is 44.4 Å². The van der Waals surface area contributed by atoms with Gasteiger partial charge in [-0.1, -0.05) is 44.2 Å². The summed E-state index contributed by atoms with van der Waals surface area (Å²) in [4.78, 5) is 0. The van der Waals surface area contributed by atoms with Crippen molar-refractivity contribution < 1.29 is 0 Å². The third kappa shape index (κ3) is 3.41. The average molecular weight is 258 g/mol. The summed E-state index contributed by atoms with van der Waals surface area (Å²) >= 11 is 0. The van der Waals surface area contributed by atoms with Crippen molar-refractivity contribution in [2.24, 2.45) is 0 Å². The molecule has 4 heteroatoms. The predicted molar refractivity (Wildman–Crippen MR) is 77.4 cm³/mol. The Hall–Kier alpha value is -1.68. The molecule has 19 heavy (non-hydrogen) atoms. The maximum absolute atomic E-state index is 4.23. The molecule has 2 rings (SSSR count). The fourth-order valence-electron chi connectivity index (χ4n) is 2.07. The highest BCUT2D eigenvalue weighted by atomic mass is 15.4. The largest absolute Gasteiger partial charge is 0.311 e. The first-order valence-electron chi connectivity index (χ1n) is 6.93. The lowest BCUT2D eigenvalue weighted by Crippen LogP contribution is -2.13. The van der Waals surface area contributed by atoms with Crippen LogP contribution in [-0.4, -0.2) is 21.5 Å². The zero-order chi connectivity index (χ0) is 13.7. The van der Waals surface area contributed by atoms with E-state index in [-0.39, 0.29) is 0 Å². The Balaban J connectivity index is 2.18. The van der Waals surface area contributed by atoms with Crippen LogP contribution >= 0.6 is 0 Å². The van der Waals surface area contributed by atoms with Crippen molar-refractivity contribution in [1.29, 1.82) is 0 Å². The fraction of sp³-hybridized carbons (Fsp3) is 0.467. The molecule has 0 bridgehead atoms. The highest BCUT2D eigenvalue weighted by Crippen LogP contribution is 2.21. The van der Waals surface area contributed by atoms with Gasteiger partial charge < -0.3 is 5.32 Å². The van der Waals surface area contributed by atoms with Crippen LogP contribution in [0.3, 0.4) is 0 Å². The first kappa shape index (κ1) is 13.7. The quantitative estimate of drug-likeness (QED) is 0.810. The van der Waals surface area contributed by atoms with Crippen molar-refractivity contribution in [1.82, 2.24) is 20.3 Å². The highest BCUT2D eigenvalue weighted by molar-refractivity contribution is 5.42. The molecule has 1 heterocycles. The third-order valence-corrected chi connectivity index (χ3v) is 3.08. The van der Waals surface area contributed by atoms with Crippen molar-refractivity contribution in [2.75, 3.05) is 6.54 Å². The Morgan fingerprint density at radius 1 is 1.26 bits per heavy atom. The van der Waals surface area contributed by atoms with Crippen LogP contribution in [0, 0.1) is 0 Å². The Morgan fingerprint density at radius 3 is 2.79 bits per heavy atom. The maximum Gasteiger partial charge on any atom is 0.0969 e. The van der Waals surface area contributed by atoms with Gasteiger partial charge in [-0.2, -0.15) is 0 Å². The van der Waals surface area contributed by atoms with Crippen LogP contribution in [0.4, 0.5) is 0 Å². The minimum Gasteiger partial charge on any atom is -0.311 e. The molecule has 0 aliphatic heterocycles. The van der Waals surface area contributed by atoms with E-state index in [1.165, 1.54) is 5.56 Å². The van der Waals surface area contributed by atoms with Crippen LogP contribution in [0.25, 0.3) is 5.69 Å². The zero-order valence-corrected chi connectivity index (χ0v) is 11.9. The smallest absolute Gasteiger partial charge is 0.0969 e. The number of para-hydroxylation sites is 1. The number of hydrogen-bond acceptors (Lipinski definition) is 3. The lowest BCUT2D eigenvalue weighted by molar-refractivity contribution is 0.662. The van der Waals surface area contributed by atoms with Crippen LogP contribution in [0.2, 0.25) is 0 Å². The molecule has 1 aromatic carbocycles. The topological polar surface area (TPSA) is 42.7 Å². The maximum atomic E-state index is 4.23. The minimum atomic E-state index is 0.474. The molecule has 4 nitrogen and oxygen atoms in total. The molecule has 0 atom stereocenters. The molecule has 0 amide bonds. The van der Waals surface area contributed by atoms with E-state index in [9.17, 15) is 0 Å². The zero-order valence-electron chi connectivity index (χ0n) is 11.9. The van der Waals surface area contributed by atoms with E-state index in [1.807, 2.05) is 16.9 Å². The molecule has 0 saturated heterocycles. The van der Waals surface area contributed by atoms with Gasteiger partial charge in [-0.15, -0.1) is 5.10 Å². The molecule has 0 saturated carbocycles. The molecule has 0 aliphatic rings. The molecule has 0 radical (unpaired) electrons. The molecule has 1 N–H and O–H groups in total. The van der Waals surface area contributed by atoms with Crippen molar-refractivity contribution in [3.8, 4) is 5.69 Å². The molecule has 2 aromatic rings. The summed E-state index contributed by atoms with van der Waals surface area (Å²) in [5, 5.41) is 11.8. The highest BCUT2D eigenvalue weighted by Gasteiger charge is 2.09. The van der Waals surface area contributed by atoms with Gasteiger partial charge in [0.15, 0.2) is 0 Å². The van der Waals surface area contributed by atoms with Crippen LogP contribution in [0.5, 0.6) is 0 Å². The van der Waals surface area contributed by atoms with Crippen molar-refractivity contribution in [3.05, 3.63) is 41.7 Å². The SMILES string of the molecule is CCCNCc1cn(-c2ccccc2C(C)C)nn1. The van der Waals surface area contributed by atoms with E-state index in [0.717, 1.165) is 30.9 Å². The molecular weight excluding hydrogens is 236 g/mol. The first-order valence-corrected chi connectivity index (χ1v) is 6.93. The third-order valence-electron chi connectivity index (χ3n) is 3.08. The van der Waals surface area contributed by atoms with E-state index in [1.54, 1.807) is 0 Å². The minimum absolute atomic E-state index is 0.474. The van der Waals surface area contributed by atoms with Gasteiger partial charge in [-0.05, 0) is 30.5 Å². The van der Waals surface area contributed by atoms with Gasteiger partial charge in [0.05, 0.1) is 17.6 Å². The molecule has 1 aromatic heterocycles. The van der Waals surface area contributed by atoms with Crippen LogP contribution < -0.4 is 5.32 Å². The van der Waals surface area contributed by atoms with Crippen molar-refractivity contribution in [2.45, 2.75) is 39.7 Å². The predicted octanol–water partition coefficient (Wildman–Crippen LogP) is 2.89. The number of nitrogens with one attached hydrogen (secondary N) is 1. The average Bonchev–Trinajstić information content (AvgIpc) is 2.88. The number of hydrogen-bond donors (Lipinski definition) is 1. The summed E-state index contributed by atoms with van der Waals surface area (Å²) in [6, 6.07) is 8.35. The van der Waals surface area contributed by atoms with Crippen molar-refractivity contribution >= 4 is 0 Å². The summed E-state index contributed by atoms with van der Waals surface area (Å²) in [7, 11) is 0. The Labute approximate surface area is 114 Å². The normalized spacial score (nSPS) is 11.2. The first-order chi connectivity index (χ1) is 9.22. The van der Waals surface area contributed by atoms with Crippen molar-refractivity contribution in [3.63, 3.8) is 0 Å². The lowest BCUT2D eigenvalue weighted by atomic mass is 10.0. The van der Waals surface area contributed by atoms with E-state index in [2.05, 4.69) is 54.6 Å². The lowest BCUT2D eigenvalue weighted by Gasteiger charge is -2.11. The monoisotopic (exact) mass is 258 g/mol. The van der Waals surface area contributed by atoms with Gasteiger partial charge in [0.2, 0.25) is 0 Å². The van der Waals surface area contributed by atoms with Gasteiger partial charge >= 0.3 is 0 Å². The number of benzene rings is 1. The van der Waals surface area contributed by atoms with Gasteiger partial charge in [0.25, 0.3) is 0 Å². The second-order valence-corrected chi connectivity index (χ2v) is 5.04. The molecule has 0 aliphatic carbocycles. The summed E-state index contributed by atoms with van der Waals surface area (Å²) in [5.41, 5.74) is 3.39. The second kappa shape index (κ2) is 6.48. The molecule has 0 spiro atoms. The Bertz CT molecular complexity index is 516. The van der Waals surface area contributed by atoms with Gasteiger partial charge in [0, 0.05) is 6.54 Å². The van der Waals surface area contributed by atoms with Crippen LogP contribution in [-0.2, 0) is 6.54 Å². The summed E-state index contributed by atoms with van der Waals surface area (Å²) in [5.74, 6) is 0.474. The summed E-state index contributed by atoms with van der Waals surface area (Å²) in [6.07, 6.45) is 3.13. The van der Waals surface area contributed by atoms with Crippen LogP contribution in [0.15, 0.2) is 30.5 Å². The Morgan fingerprint density at radius 2 is 2.05 bits per heavy atom. The van der Waals surface area contributed by atoms with E-state index in [4.69, 9.17) is 0 Å². The standard InChI is InChI=1S/C15H22N4/c1-4-9-16-10-13-11-19(18-17-13)15-8-6-5-7-14(15)12(2)3/h5-8,11-12,16H,4,9-10H2,1-3H3. The second-order valence-electron chi connectivity index (χ2n) is 5.04. The van der Waals surface area contributed by atoms with Gasteiger partial charge in [-0.3, -0.25) is 0 Å². The fourth-order valence-corrected chi connectivity index (χ4v) is 2.07. The summed E-state index contributed by atoms with van der Waals surface area (Å²) < 4.78 is 1.87. The molecule has 0 unspecified atom stereocenters. The number of nitrogens with zero attached hydrogens (tertiary/aromatic N) is 3. The Kier molecular flexibility index (Phi) is 4.68.